The summed E-state index contributed by atoms with van der Waals surface area (Å²) in [6, 6.07) is 8.05. The molecule has 0 bridgehead atoms. The summed E-state index contributed by atoms with van der Waals surface area (Å²) < 4.78 is 10.5. The van der Waals surface area contributed by atoms with Crippen molar-refractivity contribution in [3.63, 3.8) is 0 Å². The van der Waals surface area contributed by atoms with Gasteiger partial charge in [-0.25, -0.2) is 0 Å². The maximum Gasteiger partial charge on any atom is 0.240 e. The van der Waals surface area contributed by atoms with Crippen LogP contribution in [0.1, 0.15) is 5.89 Å². The zero-order chi connectivity index (χ0) is 13.1. The number of hydrogen-bond donors (Lipinski definition) is 1. The molecule has 3 rings (SSSR count). The zero-order valence-electron chi connectivity index (χ0n) is 10.6. The molecule has 0 spiro atoms. The van der Waals surface area contributed by atoms with Crippen molar-refractivity contribution < 1.29 is 9.26 Å². The van der Waals surface area contributed by atoms with Gasteiger partial charge >= 0.3 is 0 Å². The minimum Gasteiger partial charge on any atom is -0.378 e. The van der Waals surface area contributed by atoms with E-state index in [0.29, 0.717) is 11.7 Å². The van der Waals surface area contributed by atoms with Gasteiger partial charge in [0.15, 0.2) is 0 Å². The maximum absolute atomic E-state index is 5.50. The third-order valence-corrected chi connectivity index (χ3v) is 3.14. The first-order valence-electron chi connectivity index (χ1n) is 6.33. The topological polar surface area (TPSA) is 77.4 Å². The van der Waals surface area contributed by atoms with Gasteiger partial charge in [0.25, 0.3) is 0 Å². The van der Waals surface area contributed by atoms with Crippen molar-refractivity contribution in [2.45, 2.75) is 6.54 Å². The van der Waals surface area contributed by atoms with E-state index in [1.54, 1.807) is 0 Å². The minimum atomic E-state index is 0.257. The van der Waals surface area contributed by atoms with Crippen LogP contribution < -0.4 is 10.6 Å². The molecule has 0 atom stereocenters. The fourth-order valence-corrected chi connectivity index (χ4v) is 2.19. The average molecular weight is 260 g/mol. The van der Waals surface area contributed by atoms with Crippen molar-refractivity contribution in [2.24, 2.45) is 5.73 Å². The zero-order valence-corrected chi connectivity index (χ0v) is 10.6. The molecule has 100 valence electrons. The van der Waals surface area contributed by atoms with Gasteiger partial charge in [0.1, 0.15) is 0 Å². The number of hydrogen-bond acceptors (Lipinski definition) is 6. The lowest BCUT2D eigenvalue weighted by Crippen LogP contribution is -2.36. The van der Waals surface area contributed by atoms with E-state index in [1.807, 2.05) is 18.2 Å². The van der Waals surface area contributed by atoms with Crippen LogP contribution in [0.3, 0.4) is 0 Å². The largest absolute Gasteiger partial charge is 0.378 e. The first-order chi connectivity index (χ1) is 9.38. The lowest BCUT2D eigenvalue weighted by atomic mass is 10.1. The third-order valence-electron chi connectivity index (χ3n) is 3.14. The van der Waals surface area contributed by atoms with E-state index in [1.165, 1.54) is 0 Å². The molecule has 0 radical (unpaired) electrons. The van der Waals surface area contributed by atoms with Crippen molar-refractivity contribution in [3.05, 3.63) is 30.2 Å². The Balaban J connectivity index is 1.96. The highest BCUT2D eigenvalue weighted by atomic mass is 16.5. The Morgan fingerprint density at radius 1 is 1.21 bits per heavy atom. The molecule has 1 aliphatic rings. The lowest BCUT2D eigenvalue weighted by Gasteiger charge is -2.30. The van der Waals surface area contributed by atoms with Gasteiger partial charge in [-0.3, -0.25) is 0 Å². The van der Waals surface area contributed by atoms with Crippen LogP contribution in [-0.2, 0) is 11.3 Å². The van der Waals surface area contributed by atoms with Gasteiger partial charge in [-0.15, -0.1) is 0 Å². The SMILES string of the molecule is NCc1nc(-c2ccccc2N2CCOCC2)no1. The molecule has 6 heteroatoms. The summed E-state index contributed by atoms with van der Waals surface area (Å²) in [6.07, 6.45) is 0. The van der Waals surface area contributed by atoms with Gasteiger partial charge in [0.2, 0.25) is 11.7 Å². The molecule has 0 amide bonds. The molecule has 1 aromatic heterocycles. The second kappa shape index (κ2) is 5.38. The van der Waals surface area contributed by atoms with Gasteiger partial charge < -0.3 is 19.9 Å². The number of aromatic nitrogens is 2. The molecule has 1 aromatic carbocycles. The number of para-hydroxylation sites is 1. The van der Waals surface area contributed by atoms with Gasteiger partial charge in [-0.2, -0.15) is 4.98 Å². The minimum absolute atomic E-state index is 0.257. The Labute approximate surface area is 111 Å². The second-order valence-electron chi connectivity index (χ2n) is 4.33. The molecule has 0 unspecified atom stereocenters. The maximum atomic E-state index is 5.50. The monoisotopic (exact) mass is 260 g/mol. The normalized spacial score (nSPS) is 15.7. The van der Waals surface area contributed by atoms with Gasteiger partial charge in [-0.05, 0) is 12.1 Å². The first-order valence-corrected chi connectivity index (χ1v) is 6.33. The summed E-state index contributed by atoms with van der Waals surface area (Å²) in [4.78, 5) is 6.57. The van der Waals surface area contributed by atoms with Gasteiger partial charge in [0, 0.05) is 24.3 Å². The molecule has 1 fully saturated rings. The van der Waals surface area contributed by atoms with Crippen molar-refractivity contribution in [3.8, 4) is 11.4 Å². The van der Waals surface area contributed by atoms with Crippen LogP contribution in [0.15, 0.2) is 28.8 Å². The van der Waals surface area contributed by atoms with Crippen LogP contribution in [0.5, 0.6) is 0 Å². The fourth-order valence-electron chi connectivity index (χ4n) is 2.19. The van der Waals surface area contributed by atoms with Crippen LogP contribution in [0.4, 0.5) is 5.69 Å². The Hall–Kier alpha value is -1.92. The van der Waals surface area contributed by atoms with Crippen molar-refractivity contribution in [1.82, 2.24) is 10.1 Å². The van der Waals surface area contributed by atoms with Crippen molar-refractivity contribution >= 4 is 5.69 Å². The third kappa shape index (κ3) is 2.45. The van der Waals surface area contributed by atoms with E-state index in [2.05, 4.69) is 21.1 Å². The first kappa shape index (κ1) is 12.1. The van der Waals surface area contributed by atoms with E-state index >= 15 is 0 Å². The summed E-state index contributed by atoms with van der Waals surface area (Å²) in [5, 5.41) is 3.99. The summed E-state index contributed by atoms with van der Waals surface area (Å²) in [5.74, 6) is 1.04. The lowest BCUT2D eigenvalue weighted by molar-refractivity contribution is 0.123. The Morgan fingerprint density at radius 2 is 2.00 bits per heavy atom. The molecule has 0 saturated carbocycles. The summed E-state index contributed by atoms with van der Waals surface area (Å²) in [7, 11) is 0. The number of nitrogens with two attached hydrogens (primary N) is 1. The molecule has 1 saturated heterocycles. The number of nitrogens with zero attached hydrogens (tertiary/aromatic N) is 3. The Bertz CT molecular complexity index is 549. The predicted molar refractivity (Wildman–Crippen MR) is 70.7 cm³/mol. The Kier molecular flexibility index (Phi) is 3.43. The average Bonchev–Trinajstić information content (AvgIpc) is 2.97. The molecular weight excluding hydrogens is 244 g/mol. The highest BCUT2D eigenvalue weighted by molar-refractivity contribution is 5.74. The predicted octanol–water partition coefficient (Wildman–Crippen LogP) is 1.03. The highest BCUT2D eigenvalue weighted by Crippen LogP contribution is 2.29. The molecule has 19 heavy (non-hydrogen) atoms. The molecule has 2 heterocycles. The standard InChI is InChI=1S/C13H16N4O2/c14-9-12-15-13(16-19-12)10-3-1-2-4-11(10)17-5-7-18-8-6-17/h1-4H,5-9,14H2. The number of ether oxygens (including phenoxy) is 1. The van der Waals surface area contributed by atoms with Crippen LogP contribution in [-0.4, -0.2) is 36.4 Å². The number of rotatable bonds is 3. The molecule has 0 aliphatic carbocycles. The molecule has 2 aromatic rings. The smallest absolute Gasteiger partial charge is 0.240 e. The molecule has 6 nitrogen and oxygen atoms in total. The van der Waals surface area contributed by atoms with Gasteiger partial charge in [0.05, 0.1) is 19.8 Å². The summed E-state index contributed by atoms with van der Waals surface area (Å²) in [6.45, 7) is 3.49. The van der Waals surface area contributed by atoms with E-state index in [9.17, 15) is 0 Å². The molecule has 1 aliphatic heterocycles. The number of morpholine rings is 1. The quantitative estimate of drug-likeness (QED) is 0.888. The van der Waals surface area contributed by atoms with E-state index < -0.39 is 0 Å². The van der Waals surface area contributed by atoms with Crippen LogP contribution in [0, 0.1) is 0 Å². The van der Waals surface area contributed by atoms with Gasteiger partial charge in [-0.1, -0.05) is 17.3 Å². The number of benzene rings is 1. The van der Waals surface area contributed by atoms with Crippen LogP contribution in [0.25, 0.3) is 11.4 Å². The van der Waals surface area contributed by atoms with E-state index in [4.69, 9.17) is 15.0 Å². The van der Waals surface area contributed by atoms with E-state index in [-0.39, 0.29) is 6.54 Å². The Morgan fingerprint density at radius 3 is 2.74 bits per heavy atom. The van der Waals surface area contributed by atoms with Crippen LogP contribution >= 0.6 is 0 Å². The number of anilines is 1. The summed E-state index contributed by atoms with van der Waals surface area (Å²) >= 11 is 0. The van der Waals surface area contributed by atoms with Crippen LogP contribution in [0.2, 0.25) is 0 Å². The highest BCUT2D eigenvalue weighted by Gasteiger charge is 2.18. The molecule has 2 N–H and O–H groups in total. The van der Waals surface area contributed by atoms with E-state index in [0.717, 1.165) is 37.6 Å². The fraction of sp³-hybridized carbons (Fsp3) is 0.385. The second-order valence-corrected chi connectivity index (χ2v) is 4.33. The molecular formula is C13H16N4O2. The van der Waals surface area contributed by atoms with Crippen molar-refractivity contribution in [2.75, 3.05) is 31.2 Å². The van der Waals surface area contributed by atoms with Crippen molar-refractivity contribution in [1.29, 1.82) is 0 Å². The summed E-state index contributed by atoms with van der Waals surface area (Å²) in [5.41, 5.74) is 7.57.